The van der Waals surface area contributed by atoms with Crippen LogP contribution in [0.1, 0.15) is 23.0 Å². The smallest absolute Gasteiger partial charge is 0.240 e. The molecule has 0 saturated heterocycles. The van der Waals surface area contributed by atoms with Crippen LogP contribution in [-0.2, 0) is 16.6 Å². The van der Waals surface area contributed by atoms with Gasteiger partial charge in [-0.1, -0.05) is 17.3 Å². The SMILES string of the molecule is CC(=O)c1ccc(S(=O)(=O)NCc2ccon2)cc1. The first kappa shape index (κ1) is 13.4. The van der Waals surface area contributed by atoms with E-state index in [0.29, 0.717) is 11.3 Å². The van der Waals surface area contributed by atoms with Gasteiger partial charge in [-0.3, -0.25) is 4.79 Å². The molecule has 1 aromatic carbocycles. The van der Waals surface area contributed by atoms with Crippen LogP contribution in [0.2, 0.25) is 0 Å². The number of aromatic nitrogens is 1. The molecule has 0 atom stereocenters. The van der Waals surface area contributed by atoms with Crippen molar-refractivity contribution in [2.24, 2.45) is 0 Å². The molecule has 100 valence electrons. The van der Waals surface area contributed by atoms with Gasteiger partial charge in [0.15, 0.2) is 5.78 Å². The molecular weight excluding hydrogens is 268 g/mol. The summed E-state index contributed by atoms with van der Waals surface area (Å²) in [5, 5.41) is 3.60. The van der Waals surface area contributed by atoms with E-state index in [4.69, 9.17) is 0 Å². The third kappa shape index (κ3) is 3.27. The molecular formula is C12H12N2O4S. The first-order valence-electron chi connectivity index (χ1n) is 5.49. The molecule has 0 unspecified atom stereocenters. The van der Waals surface area contributed by atoms with Crippen LogP contribution in [0.15, 0.2) is 46.0 Å². The van der Waals surface area contributed by atoms with E-state index in [9.17, 15) is 13.2 Å². The molecule has 1 N–H and O–H groups in total. The Morgan fingerprint density at radius 1 is 1.26 bits per heavy atom. The number of sulfonamides is 1. The van der Waals surface area contributed by atoms with Crippen LogP contribution < -0.4 is 4.72 Å². The van der Waals surface area contributed by atoms with E-state index in [1.807, 2.05) is 0 Å². The molecule has 2 aromatic rings. The Labute approximate surface area is 110 Å². The molecule has 0 aliphatic carbocycles. The summed E-state index contributed by atoms with van der Waals surface area (Å²) in [6.07, 6.45) is 1.37. The van der Waals surface area contributed by atoms with Crippen LogP contribution in [0.25, 0.3) is 0 Å². The first-order valence-corrected chi connectivity index (χ1v) is 6.97. The maximum atomic E-state index is 12.0. The van der Waals surface area contributed by atoms with Crippen molar-refractivity contribution in [1.82, 2.24) is 9.88 Å². The third-order valence-corrected chi connectivity index (χ3v) is 3.92. The average molecular weight is 280 g/mol. The number of Topliss-reactive ketones (excluding diaryl/α,β-unsaturated/α-hetero) is 1. The van der Waals surface area contributed by atoms with Crippen molar-refractivity contribution < 1.29 is 17.7 Å². The van der Waals surface area contributed by atoms with Gasteiger partial charge in [-0.2, -0.15) is 0 Å². The van der Waals surface area contributed by atoms with Crippen molar-refractivity contribution in [1.29, 1.82) is 0 Å². The number of carbonyl (C=O) groups excluding carboxylic acids is 1. The second-order valence-electron chi connectivity index (χ2n) is 3.90. The Bertz CT molecular complexity index is 660. The van der Waals surface area contributed by atoms with Gasteiger partial charge in [-0.15, -0.1) is 0 Å². The summed E-state index contributed by atoms with van der Waals surface area (Å²) in [5.74, 6) is -0.112. The molecule has 0 aliphatic heterocycles. The summed E-state index contributed by atoms with van der Waals surface area (Å²) in [6, 6.07) is 7.31. The third-order valence-electron chi connectivity index (χ3n) is 2.51. The van der Waals surface area contributed by atoms with E-state index < -0.39 is 10.0 Å². The second-order valence-corrected chi connectivity index (χ2v) is 5.66. The highest BCUT2D eigenvalue weighted by Crippen LogP contribution is 2.11. The van der Waals surface area contributed by atoms with Crippen molar-refractivity contribution in [2.45, 2.75) is 18.4 Å². The van der Waals surface area contributed by atoms with Gasteiger partial charge in [0.2, 0.25) is 10.0 Å². The molecule has 6 nitrogen and oxygen atoms in total. The first-order chi connectivity index (χ1) is 8.99. The van der Waals surface area contributed by atoms with Crippen LogP contribution in [0.4, 0.5) is 0 Å². The lowest BCUT2D eigenvalue weighted by Gasteiger charge is -2.05. The van der Waals surface area contributed by atoms with Crippen LogP contribution >= 0.6 is 0 Å². The van der Waals surface area contributed by atoms with Crippen molar-refractivity contribution >= 4 is 15.8 Å². The zero-order chi connectivity index (χ0) is 13.9. The van der Waals surface area contributed by atoms with Gasteiger partial charge in [-0.05, 0) is 19.1 Å². The largest absolute Gasteiger partial charge is 0.364 e. The minimum absolute atomic E-state index is 0.0489. The van der Waals surface area contributed by atoms with E-state index in [1.54, 1.807) is 6.07 Å². The quantitative estimate of drug-likeness (QED) is 0.835. The fourth-order valence-corrected chi connectivity index (χ4v) is 2.45. The van der Waals surface area contributed by atoms with E-state index in [1.165, 1.54) is 37.5 Å². The molecule has 0 radical (unpaired) electrons. The minimum Gasteiger partial charge on any atom is -0.364 e. The molecule has 2 rings (SSSR count). The summed E-state index contributed by atoms with van der Waals surface area (Å²) in [5.41, 5.74) is 0.958. The number of nitrogens with zero attached hydrogens (tertiary/aromatic N) is 1. The number of rotatable bonds is 5. The molecule has 0 bridgehead atoms. The Balaban J connectivity index is 2.13. The monoisotopic (exact) mass is 280 g/mol. The molecule has 7 heteroatoms. The molecule has 0 saturated carbocycles. The van der Waals surface area contributed by atoms with Crippen LogP contribution in [0, 0.1) is 0 Å². The van der Waals surface area contributed by atoms with Crippen LogP contribution in [0.5, 0.6) is 0 Å². The van der Waals surface area contributed by atoms with Gasteiger partial charge in [0.25, 0.3) is 0 Å². The van der Waals surface area contributed by atoms with Crippen molar-refractivity contribution in [3.8, 4) is 0 Å². The predicted molar refractivity (Wildman–Crippen MR) is 67.0 cm³/mol. The maximum absolute atomic E-state index is 12.0. The maximum Gasteiger partial charge on any atom is 0.240 e. The fraction of sp³-hybridized carbons (Fsp3) is 0.167. The fourth-order valence-electron chi connectivity index (χ4n) is 1.45. The molecule has 1 heterocycles. The number of carbonyl (C=O) groups is 1. The summed E-state index contributed by atoms with van der Waals surface area (Å²) in [6.45, 7) is 1.47. The van der Waals surface area contributed by atoms with E-state index in [0.717, 1.165) is 0 Å². The molecule has 0 amide bonds. The summed E-state index contributed by atoms with van der Waals surface area (Å²) < 4.78 is 30.9. The molecule has 0 fully saturated rings. The zero-order valence-electron chi connectivity index (χ0n) is 10.2. The Morgan fingerprint density at radius 3 is 2.47 bits per heavy atom. The Morgan fingerprint density at radius 2 is 1.95 bits per heavy atom. The predicted octanol–water partition coefficient (Wildman–Crippen LogP) is 1.36. The Hall–Kier alpha value is -1.99. The topological polar surface area (TPSA) is 89.3 Å². The van der Waals surface area contributed by atoms with Crippen LogP contribution in [0.3, 0.4) is 0 Å². The van der Waals surface area contributed by atoms with Crippen molar-refractivity contribution in [3.05, 3.63) is 47.9 Å². The minimum atomic E-state index is -3.62. The van der Waals surface area contributed by atoms with Crippen LogP contribution in [-0.4, -0.2) is 19.4 Å². The average Bonchev–Trinajstić information content (AvgIpc) is 2.90. The number of nitrogens with one attached hydrogen (secondary N) is 1. The lowest BCUT2D eigenvalue weighted by molar-refractivity contribution is 0.101. The van der Waals surface area contributed by atoms with Crippen molar-refractivity contribution in [3.63, 3.8) is 0 Å². The summed E-state index contributed by atoms with van der Waals surface area (Å²) >= 11 is 0. The van der Waals surface area contributed by atoms with Gasteiger partial charge < -0.3 is 4.52 Å². The Kier molecular flexibility index (Phi) is 3.77. The highest BCUT2D eigenvalue weighted by Gasteiger charge is 2.14. The molecule has 0 aliphatic rings. The number of hydrogen-bond acceptors (Lipinski definition) is 5. The lowest BCUT2D eigenvalue weighted by Crippen LogP contribution is -2.23. The van der Waals surface area contributed by atoms with Gasteiger partial charge in [0.05, 0.1) is 17.1 Å². The van der Waals surface area contributed by atoms with Gasteiger partial charge in [0, 0.05) is 11.6 Å². The van der Waals surface area contributed by atoms with E-state index in [-0.39, 0.29) is 17.2 Å². The van der Waals surface area contributed by atoms with Gasteiger partial charge >= 0.3 is 0 Å². The number of hydrogen-bond donors (Lipinski definition) is 1. The van der Waals surface area contributed by atoms with E-state index in [2.05, 4.69) is 14.4 Å². The number of ketones is 1. The molecule has 0 spiro atoms. The highest BCUT2D eigenvalue weighted by molar-refractivity contribution is 7.89. The summed E-state index contributed by atoms with van der Waals surface area (Å²) in [7, 11) is -3.62. The zero-order valence-corrected chi connectivity index (χ0v) is 11.0. The lowest BCUT2D eigenvalue weighted by atomic mass is 10.2. The highest BCUT2D eigenvalue weighted by atomic mass is 32.2. The van der Waals surface area contributed by atoms with Gasteiger partial charge in [0.1, 0.15) is 6.26 Å². The van der Waals surface area contributed by atoms with E-state index >= 15 is 0 Å². The standard InChI is InChI=1S/C12H12N2O4S/c1-9(15)10-2-4-12(5-3-10)19(16,17)13-8-11-6-7-18-14-11/h2-7,13H,8H2,1H3. The van der Waals surface area contributed by atoms with Gasteiger partial charge in [-0.25, -0.2) is 13.1 Å². The second kappa shape index (κ2) is 5.33. The normalized spacial score (nSPS) is 11.4. The molecule has 1 aromatic heterocycles. The summed E-state index contributed by atoms with van der Waals surface area (Å²) in [4.78, 5) is 11.2. The molecule has 19 heavy (non-hydrogen) atoms. The number of benzene rings is 1. The van der Waals surface area contributed by atoms with Crippen molar-refractivity contribution in [2.75, 3.05) is 0 Å².